The molecule has 5 heteroatoms. The van der Waals surface area contributed by atoms with E-state index in [-0.39, 0.29) is 25.8 Å². The van der Waals surface area contributed by atoms with Crippen LogP contribution in [0.2, 0.25) is 0 Å². The summed E-state index contributed by atoms with van der Waals surface area (Å²) in [5, 5.41) is 0. The summed E-state index contributed by atoms with van der Waals surface area (Å²) >= 11 is 0. The minimum atomic E-state index is -0.282. The first kappa shape index (κ1) is 12.5. The Kier molecular flexibility index (Phi) is 3.50. The lowest BCUT2D eigenvalue weighted by Crippen LogP contribution is -2.08. The van der Waals surface area contributed by atoms with Gasteiger partial charge in [-0.1, -0.05) is 12.1 Å². The number of pyridine rings is 1. The summed E-state index contributed by atoms with van der Waals surface area (Å²) in [6, 6.07) is 9.12. The smallest absolute Gasteiger partial charge is 0.310 e. The number of fused-ring (bicyclic) bond motifs is 1. The van der Waals surface area contributed by atoms with Crippen molar-refractivity contribution in [3.8, 4) is 11.5 Å². The number of ether oxygens (including phenoxy) is 3. The highest BCUT2D eigenvalue weighted by Gasteiger charge is 2.13. The lowest BCUT2D eigenvalue weighted by molar-refractivity contribution is -0.144. The van der Waals surface area contributed by atoms with E-state index in [1.54, 1.807) is 18.5 Å². The molecule has 2 heterocycles. The zero-order chi connectivity index (χ0) is 13.8. The quantitative estimate of drug-likeness (QED) is 0.797. The summed E-state index contributed by atoms with van der Waals surface area (Å²) in [5.41, 5.74) is 1.71. The largest absolute Gasteiger partial charge is 0.461 e. The van der Waals surface area contributed by atoms with E-state index in [0.29, 0.717) is 5.75 Å². The van der Waals surface area contributed by atoms with Crippen molar-refractivity contribution in [1.82, 2.24) is 4.98 Å². The van der Waals surface area contributed by atoms with E-state index in [4.69, 9.17) is 14.2 Å². The minimum absolute atomic E-state index is 0.218. The molecule has 0 atom stereocenters. The van der Waals surface area contributed by atoms with E-state index >= 15 is 0 Å². The van der Waals surface area contributed by atoms with Crippen molar-refractivity contribution in [3.63, 3.8) is 0 Å². The van der Waals surface area contributed by atoms with Crippen LogP contribution in [0.25, 0.3) is 0 Å². The van der Waals surface area contributed by atoms with Gasteiger partial charge >= 0.3 is 5.97 Å². The fourth-order valence-corrected chi connectivity index (χ4v) is 1.91. The lowest BCUT2D eigenvalue weighted by atomic mass is 10.2. The number of aromatic nitrogens is 1. The number of hydrogen-bond acceptors (Lipinski definition) is 5. The molecule has 0 amide bonds. The molecule has 0 fully saturated rings. The van der Waals surface area contributed by atoms with Crippen LogP contribution in [-0.4, -0.2) is 17.7 Å². The Balaban J connectivity index is 1.55. The molecule has 0 bridgehead atoms. The van der Waals surface area contributed by atoms with Gasteiger partial charge in [0.15, 0.2) is 11.5 Å². The molecule has 102 valence electrons. The predicted octanol–water partition coefficient (Wildman–Crippen LogP) is 2.10. The van der Waals surface area contributed by atoms with Gasteiger partial charge in [-0.25, -0.2) is 0 Å². The molecule has 0 N–H and O–H groups in total. The Labute approximate surface area is 116 Å². The summed E-state index contributed by atoms with van der Waals surface area (Å²) in [6.45, 7) is 0.454. The number of nitrogens with zero attached hydrogens (tertiary/aromatic N) is 1. The van der Waals surface area contributed by atoms with Gasteiger partial charge in [0, 0.05) is 12.4 Å². The van der Waals surface area contributed by atoms with Gasteiger partial charge < -0.3 is 14.2 Å². The first-order valence-corrected chi connectivity index (χ1v) is 6.24. The van der Waals surface area contributed by atoms with Crippen LogP contribution in [0.15, 0.2) is 42.7 Å². The summed E-state index contributed by atoms with van der Waals surface area (Å²) in [4.78, 5) is 15.7. The maximum Gasteiger partial charge on any atom is 0.310 e. The number of carbonyl (C=O) groups excluding carboxylic acids is 1. The Morgan fingerprint density at radius 3 is 2.95 bits per heavy atom. The molecule has 0 spiro atoms. The maximum atomic E-state index is 11.7. The van der Waals surface area contributed by atoms with Crippen LogP contribution in [0, 0.1) is 0 Å². The third-order valence-electron chi connectivity index (χ3n) is 2.91. The van der Waals surface area contributed by atoms with Gasteiger partial charge in [-0.3, -0.25) is 9.78 Å². The second kappa shape index (κ2) is 5.61. The maximum absolute atomic E-state index is 11.7. The average molecular weight is 271 g/mol. The Morgan fingerprint density at radius 1 is 1.20 bits per heavy atom. The third-order valence-corrected chi connectivity index (χ3v) is 2.91. The fraction of sp³-hybridized carbons (Fsp3) is 0.200. The first-order valence-electron chi connectivity index (χ1n) is 6.24. The van der Waals surface area contributed by atoms with E-state index < -0.39 is 0 Å². The molecule has 2 aromatic rings. The highest BCUT2D eigenvalue weighted by atomic mass is 16.7. The lowest BCUT2D eigenvalue weighted by Gasteiger charge is -2.05. The van der Waals surface area contributed by atoms with Crippen LogP contribution < -0.4 is 9.47 Å². The molecule has 1 aromatic heterocycles. The van der Waals surface area contributed by atoms with Crippen LogP contribution in [0.5, 0.6) is 11.5 Å². The van der Waals surface area contributed by atoms with E-state index in [9.17, 15) is 4.79 Å². The number of hydrogen-bond donors (Lipinski definition) is 0. The average Bonchev–Trinajstić information content (AvgIpc) is 2.93. The van der Waals surface area contributed by atoms with Gasteiger partial charge in [-0.15, -0.1) is 0 Å². The van der Waals surface area contributed by atoms with Crippen molar-refractivity contribution in [2.75, 3.05) is 6.79 Å². The summed E-state index contributed by atoms with van der Waals surface area (Å²) in [6.07, 6.45) is 3.54. The predicted molar refractivity (Wildman–Crippen MR) is 70.3 cm³/mol. The topological polar surface area (TPSA) is 57.7 Å². The third kappa shape index (κ3) is 2.88. The van der Waals surface area contributed by atoms with Crippen molar-refractivity contribution < 1.29 is 19.0 Å². The highest BCUT2D eigenvalue weighted by Crippen LogP contribution is 2.32. The van der Waals surface area contributed by atoms with Crippen LogP contribution in [0.1, 0.15) is 11.1 Å². The molecule has 1 aliphatic rings. The van der Waals surface area contributed by atoms with Crippen molar-refractivity contribution in [2.24, 2.45) is 0 Å². The van der Waals surface area contributed by atoms with Crippen molar-refractivity contribution in [3.05, 3.63) is 53.9 Å². The monoisotopic (exact) mass is 271 g/mol. The zero-order valence-electron chi connectivity index (χ0n) is 10.7. The fourth-order valence-electron chi connectivity index (χ4n) is 1.91. The highest BCUT2D eigenvalue weighted by molar-refractivity contribution is 5.72. The van der Waals surface area contributed by atoms with Gasteiger partial charge in [-0.2, -0.15) is 0 Å². The molecule has 0 saturated heterocycles. The molecule has 0 unspecified atom stereocenters. The van der Waals surface area contributed by atoms with Crippen molar-refractivity contribution in [1.29, 1.82) is 0 Å². The Morgan fingerprint density at radius 2 is 2.10 bits per heavy atom. The number of benzene rings is 1. The van der Waals surface area contributed by atoms with E-state index in [0.717, 1.165) is 16.9 Å². The summed E-state index contributed by atoms with van der Waals surface area (Å²) in [5.74, 6) is 1.12. The van der Waals surface area contributed by atoms with Gasteiger partial charge in [-0.05, 0) is 29.3 Å². The normalized spacial score (nSPS) is 12.2. The second-order valence-electron chi connectivity index (χ2n) is 4.39. The van der Waals surface area contributed by atoms with E-state index in [1.807, 2.05) is 24.3 Å². The molecule has 1 aromatic carbocycles. The van der Waals surface area contributed by atoms with Crippen LogP contribution in [0.3, 0.4) is 0 Å². The zero-order valence-corrected chi connectivity index (χ0v) is 10.7. The SMILES string of the molecule is O=C(Cc1cccnc1)OCc1ccc2c(c1)OCO2. The first-order chi connectivity index (χ1) is 9.81. The minimum Gasteiger partial charge on any atom is -0.461 e. The number of carbonyl (C=O) groups is 1. The molecule has 0 saturated carbocycles. The number of rotatable bonds is 4. The van der Waals surface area contributed by atoms with Crippen LogP contribution in [-0.2, 0) is 22.6 Å². The molecule has 5 nitrogen and oxygen atoms in total. The van der Waals surface area contributed by atoms with Crippen molar-refractivity contribution >= 4 is 5.97 Å². The summed E-state index contributed by atoms with van der Waals surface area (Å²) in [7, 11) is 0. The van der Waals surface area contributed by atoms with Gasteiger partial charge in [0.25, 0.3) is 0 Å². The summed E-state index contributed by atoms with van der Waals surface area (Å²) < 4.78 is 15.7. The van der Waals surface area contributed by atoms with Crippen molar-refractivity contribution in [2.45, 2.75) is 13.0 Å². The second-order valence-corrected chi connectivity index (χ2v) is 4.39. The molecule has 20 heavy (non-hydrogen) atoms. The van der Waals surface area contributed by atoms with Gasteiger partial charge in [0.05, 0.1) is 6.42 Å². The van der Waals surface area contributed by atoms with Gasteiger partial charge in [0.2, 0.25) is 6.79 Å². The molecule has 3 rings (SSSR count). The van der Waals surface area contributed by atoms with Gasteiger partial charge in [0.1, 0.15) is 6.61 Å². The van der Waals surface area contributed by atoms with E-state index in [2.05, 4.69) is 4.98 Å². The Hall–Kier alpha value is -2.56. The molecule has 1 aliphatic heterocycles. The standard InChI is InChI=1S/C15H13NO4/c17-15(7-11-2-1-5-16-8-11)18-9-12-3-4-13-14(6-12)20-10-19-13/h1-6,8H,7,9-10H2. The molecule has 0 aliphatic carbocycles. The molecule has 0 radical (unpaired) electrons. The Bertz CT molecular complexity index is 613. The van der Waals surface area contributed by atoms with Crippen LogP contribution >= 0.6 is 0 Å². The molecular weight excluding hydrogens is 258 g/mol. The van der Waals surface area contributed by atoms with E-state index in [1.165, 1.54) is 0 Å². The number of esters is 1. The molecular formula is C15H13NO4. The van der Waals surface area contributed by atoms with Crippen LogP contribution in [0.4, 0.5) is 0 Å².